The Kier molecular flexibility index (Phi) is 3.97. The van der Waals surface area contributed by atoms with E-state index < -0.39 is 0 Å². The zero-order chi connectivity index (χ0) is 16.4. The number of nitrogen functional groups attached to an aromatic ring is 1. The first-order valence-electron chi connectivity index (χ1n) is 7.34. The Bertz CT molecular complexity index is 870. The van der Waals surface area contributed by atoms with Crippen LogP contribution in [0.1, 0.15) is 22.5 Å². The highest BCUT2D eigenvalue weighted by Crippen LogP contribution is 2.25. The van der Waals surface area contributed by atoms with Gasteiger partial charge in [-0.05, 0) is 43.2 Å². The van der Waals surface area contributed by atoms with Crippen molar-refractivity contribution < 1.29 is 9.21 Å². The first-order chi connectivity index (χ1) is 11.0. The molecule has 2 heterocycles. The van der Waals surface area contributed by atoms with E-state index in [0.717, 1.165) is 16.5 Å². The summed E-state index contributed by atoms with van der Waals surface area (Å²) in [6.07, 6.45) is 3.45. The fourth-order valence-electron chi connectivity index (χ4n) is 2.39. The molecule has 6 heteroatoms. The van der Waals surface area contributed by atoms with E-state index in [1.54, 1.807) is 18.5 Å². The number of nitrogens with two attached hydrogens (primary N) is 1. The molecule has 23 heavy (non-hydrogen) atoms. The third kappa shape index (κ3) is 3.31. The van der Waals surface area contributed by atoms with Gasteiger partial charge in [0, 0.05) is 17.1 Å². The molecule has 1 aromatic carbocycles. The van der Waals surface area contributed by atoms with E-state index in [1.807, 2.05) is 19.9 Å². The number of nitrogens with one attached hydrogen (secondary N) is 1. The Morgan fingerprint density at radius 2 is 2.09 bits per heavy atom. The summed E-state index contributed by atoms with van der Waals surface area (Å²) in [5.74, 6) is 0.759. The minimum absolute atomic E-state index is 0.114. The maximum atomic E-state index is 12.1. The molecule has 3 aromatic rings. The lowest BCUT2D eigenvalue weighted by Crippen LogP contribution is -2.25. The van der Waals surface area contributed by atoms with Gasteiger partial charge < -0.3 is 15.5 Å². The maximum absolute atomic E-state index is 12.1. The van der Waals surface area contributed by atoms with Gasteiger partial charge in [-0.25, -0.2) is 9.97 Å². The summed E-state index contributed by atoms with van der Waals surface area (Å²) >= 11 is 0. The molecule has 0 fully saturated rings. The maximum Gasteiger partial charge on any atom is 0.224 e. The fourth-order valence-corrected chi connectivity index (χ4v) is 2.39. The van der Waals surface area contributed by atoms with Crippen LogP contribution in [-0.4, -0.2) is 15.9 Å². The van der Waals surface area contributed by atoms with Gasteiger partial charge in [0.2, 0.25) is 5.91 Å². The molecule has 0 radical (unpaired) electrons. The van der Waals surface area contributed by atoms with Gasteiger partial charge >= 0.3 is 0 Å². The second kappa shape index (κ2) is 6.08. The highest BCUT2D eigenvalue weighted by Gasteiger charge is 2.12. The summed E-state index contributed by atoms with van der Waals surface area (Å²) < 4.78 is 5.54. The molecule has 0 unspecified atom stereocenters. The molecule has 3 N–H and O–H groups in total. The quantitative estimate of drug-likeness (QED) is 0.771. The molecule has 1 amide bonds. The first kappa shape index (κ1) is 15.0. The van der Waals surface area contributed by atoms with Crippen molar-refractivity contribution in [2.75, 3.05) is 5.73 Å². The van der Waals surface area contributed by atoms with Crippen molar-refractivity contribution in [1.82, 2.24) is 15.3 Å². The van der Waals surface area contributed by atoms with E-state index >= 15 is 0 Å². The van der Waals surface area contributed by atoms with Crippen molar-refractivity contribution in [1.29, 1.82) is 0 Å². The topological polar surface area (TPSA) is 94.0 Å². The van der Waals surface area contributed by atoms with Gasteiger partial charge in [0.15, 0.2) is 0 Å². The van der Waals surface area contributed by atoms with Crippen molar-refractivity contribution in [3.05, 3.63) is 53.2 Å². The van der Waals surface area contributed by atoms with Crippen LogP contribution in [0.2, 0.25) is 0 Å². The Morgan fingerprint density at radius 3 is 2.87 bits per heavy atom. The summed E-state index contributed by atoms with van der Waals surface area (Å²) in [5.41, 5.74) is 9.60. The smallest absolute Gasteiger partial charge is 0.224 e. The van der Waals surface area contributed by atoms with Crippen molar-refractivity contribution >= 4 is 22.7 Å². The summed E-state index contributed by atoms with van der Waals surface area (Å²) in [7, 11) is 0. The number of anilines is 1. The van der Waals surface area contributed by atoms with Gasteiger partial charge in [-0.2, -0.15) is 0 Å². The molecule has 0 saturated carbocycles. The van der Waals surface area contributed by atoms with Crippen molar-refractivity contribution in [2.45, 2.75) is 26.8 Å². The lowest BCUT2D eigenvalue weighted by Gasteiger charge is -2.04. The van der Waals surface area contributed by atoms with Crippen molar-refractivity contribution in [2.24, 2.45) is 0 Å². The Balaban J connectivity index is 1.69. The number of nitrogens with zero attached hydrogens (tertiary/aromatic N) is 2. The summed E-state index contributed by atoms with van der Waals surface area (Å²) in [4.78, 5) is 20.2. The minimum Gasteiger partial charge on any atom is -0.464 e. The third-order valence-corrected chi connectivity index (χ3v) is 3.79. The van der Waals surface area contributed by atoms with Gasteiger partial charge in [0.05, 0.1) is 19.2 Å². The van der Waals surface area contributed by atoms with Crippen LogP contribution in [0.3, 0.4) is 0 Å². The van der Waals surface area contributed by atoms with E-state index in [-0.39, 0.29) is 18.9 Å². The van der Waals surface area contributed by atoms with Gasteiger partial charge in [0.25, 0.3) is 0 Å². The van der Waals surface area contributed by atoms with Crippen molar-refractivity contribution in [3.8, 4) is 0 Å². The lowest BCUT2D eigenvalue weighted by atomic mass is 10.0. The zero-order valence-corrected chi connectivity index (χ0v) is 13.1. The number of aromatic nitrogens is 2. The molecule has 0 bridgehead atoms. The average Bonchev–Trinajstić information content (AvgIpc) is 2.88. The van der Waals surface area contributed by atoms with Crippen LogP contribution in [0.4, 0.5) is 5.82 Å². The Hall–Kier alpha value is -2.89. The number of hydrogen-bond acceptors (Lipinski definition) is 5. The van der Waals surface area contributed by atoms with Gasteiger partial charge in [-0.1, -0.05) is 0 Å². The molecule has 0 aliphatic rings. The van der Waals surface area contributed by atoms with Crippen molar-refractivity contribution in [3.63, 3.8) is 0 Å². The SMILES string of the molecule is Cc1cc2occ(CC(=O)NCc3nccc(N)n3)c2cc1C. The highest BCUT2D eigenvalue weighted by molar-refractivity contribution is 5.88. The monoisotopic (exact) mass is 310 g/mol. The second-order valence-corrected chi connectivity index (χ2v) is 5.54. The van der Waals surface area contributed by atoms with E-state index in [4.69, 9.17) is 10.2 Å². The predicted octanol–water partition coefficient (Wildman–Crippen LogP) is 2.28. The van der Waals surface area contributed by atoms with Gasteiger partial charge in [0.1, 0.15) is 17.2 Å². The normalized spacial score (nSPS) is 10.9. The third-order valence-electron chi connectivity index (χ3n) is 3.79. The van der Waals surface area contributed by atoms with Gasteiger partial charge in [-0.3, -0.25) is 4.79 Å². The standard InChI is InChI=1S/C17H18N4O2/c1-10-5-13-12(9-23-14(13)6-11(10)2)7-17(22)20-8-16-19-4-3-15(18)21-16/h3-6,9H,7-8H2,1-2H3,(H,20,22)(H2,18,19,21). The molecule has 2 aromatic heterocycles. The molecule has 3 rings (SSSR count). The number of carbonyl (C=O) groups excluding carboxylic acids is 1. The number of fused-ring (bicyclic) bond motifs is 1. The summed E-state index contributed by atoms with van der Waals surface area (Å²) in [6.45, 7) is 4.33. The number of carbonyl (C=O) groups is 1. The Morgan fingerprint density at radius 1 is 1.30 bits per heavy atom. The van der Waals surface area contributed by atoms with Crippen LogP contribution >= 0.6 is 0 Å². The average molecular weight is 310 g/mol. The number of aryl methyl sites for hydroxylation is 2. The highest BCUT2D eigenvalue weighted by atomic mass is 16.3. The fraction of sp³-hybridized carbons (Fsp3) is 0.235. The first-order valence-corrected chi connectivity index (χ1v) is 7.34. The van der Waals surface area contributed by atoms with Crippen LogP contribution in [-0.2, 0) is 17.8 Å². The van der Waals surface area contributed by atoms with E-state index in [2.05, 4.69) is 21.4 Å². The molecule has 6 nitrogen and oxygen atoms in total. The molecular weight excluding hydrogens is 292 g/mol. The number of amides is 1. The van der Waals surface area contributed by atoms with Crippen LogP contribution in [0, 0.1) is 13.8 Å². The van der Waals surface area contributed by atoms with Gasteiger partial charge in [-0.15, -0.1) is 0 Å². The number of furan rings is 1. The minimum atomic E-state index is -0.114. The summed E-state index contributed by atoms with van der Waals surface area (Å²) in [5, 5.41) is 3.77. The molecule has 0 aliphatic heterocycles. The summed E-state index contributed by atoms with van der Waals surface area (Å²) in [6, 6.07) is 5.65. The van der Waals surface area contributed by atoms with Crippen LogP contribution < -0.4 is 11.1 Å². The molecule has 0 aliphatic carbocycles. The lowest BCUT2D eigenvalue weighted by molar-refractivity contribution is -0.120. The molecular formula is C17H18N4O2. The van der Waals surface area contributed by atoms with E-state index in [1.165, 1.54) is 11.1 Å². The molecule has 0 spiro atoms. The molecule has 0 atom stereocenters. The number of hydrogen-bond donors (Lipinski definition) is 2. The number of benzene rings is 1. The van der Waals surface area contributed by atoms with E-state index in [0.29, 0.717) is 11.6 Å². The molecule has 118 valence electrons. The van der Waals surface area contributed by atoms with Crippen LogP contribution in [0.15, 0.2) is 35.1 Å². The Labute approximate surface area is 133 Å². The second-order valence-electron chi connectivity index (χ2n) is 5.54. The van der Waals surface area contributed by atoms with Crippen LogP contribution in [0.25, 0.3) is 11.0 Å². The predicted molar refractivity (Wildman–Crippen MR) is 87.7 cm³/mol. The zero-order valence-electron chi connectivity index (χ0n) is 13.1. The largest absolute Gasteiger partial charge is 0.464 e. The van der Waals surface area contributed by atoms with E-state index in [9.17, 15) is 4.79 Å². The molecule has 0 saturated heterocycles. The van der Waals surface area contributed by atoms with Crippen LogP contribution in [0.5, 0.6) is 0 Å². The number of rotatable bonds is 4.